The van der Waals surface area contributed by atoms with Crippen LogP contribution in [0.4, 0.5) is 5.69 Å². The molecule has 1 aliphatic heterocycles. The summed E-state index contributed by atoms with van der Waals surface area (Å²) in [5.41, 5.74) is 2.46. The minimum atomic E-state index is -0.448. The molecule has 0 aromatic heterocycles. The van der Waals surface area contributed by atoms with E-state index in [9.17, 15) is 5.11 Å². The average Bonchev–Trinajstić information content (AvgIpc) is 2.70. The number of piperazine rings is 1. The monoisotopic (exact) mass is 354 g/mol. The molecule has 0 amide bonds. The van der Waals surface area contributed by atoms with Gasteiger partial charge in [-0.3, -0.25) is 4.90 Å². The number of rotatable bonds is 8. The molecule has 3 rings (SSSR count). The summed E-state index contributed by atoms with van der Waals surface area (Å²) in [4.78, 5) is 4.73. The number of para-hydroxylation sites is 1. The highest BCUT2D eigenvalue weighted by Crippen LogP contribution is 2.21. The molecule has 26 heavy (non-hydrogen) atoms. The van der Waals surface area contributed by atoms with Crippen molar-refractivity contribution in [2.45, 2.75) is 25.6 Å². The fourth-order valence-corrected chi connectivity index (χ4v) is 3.52. The highest BCUT2D eigenvalue weighted by Gasteiger charge is 2.20. The van der Waals surface area contributed by atoms with E-state index in [1.165, 1.54) is 11.3 Å². The predicted molar refractivity (Wildman–Crippen MR) is 107 cm³/mol. The van der Waals surface area contributed by atoms with Gasteiger partial charge in [-0.2, -0.15) is 0 Å². The highest BCUT2D eigenvalue weighted by atomic mass is 16.5. The number of ether oxygens (including phenoxy) is 1. The normalized spacial score (nSPS) is 17.8. The minimum absolute atomic E-state index is 0.0563. The number of aliphatic hydroxyl groups is 1. The molecule has 2 atom stereocenters. The Labute approximate surface area is 157 Å². The van der Waals surface area contributed by atoms with Crippen LogP contribution in [0.25, 0.3) is 0 Å². The van der Waals surface area contributed by atoms with E-state index in [4.69, 9.17) is 4.74 Å². The van der Waals surface area contributed by atoms with Crippen LogP contribution in [0.15, 0.2) is 60.7 Å². The minimum Gasteiger partial charge on any atom is -0.389 e. The zero-order valence-corrected chi connectivity index (χ0v) is 15.6. The number of β-amino-alcohol motifs (C(OH)–C–C–N with tert-alkyl or cyclic N) is 1. The second kappa shape index (κ2) is 9.72. The van der Waals surface area contributed by atoms with Crippen LogP contribution in [0.3, 0.4) is 0 Å². The van der Waals surface area contributed by atoms with Crippen LogP contribution >= 0.6 is 0 Å². The van der Waals surface area contributed by atoms with Crippen LogP contribution < -0.4 is 4.90 Å². The number of anilines is 1. The van der Waals surface area contributed by atoms with Crippen LogP contribution in [0.5, 0.6) is 0 Å². The maximum atomic E-state index is 10.4. The lowest BCUT2D eigenvalue weighted by molar-refractivity contribution is -0.0240. The maximum Gasteiger partial charge on any atom is 0.0900 e. The predicted octanol–water partition coefficient (Wildman–Crippen LogP) is 3.34. The van der Waals surface area contributed by atoms with Crippen molar-refractivity contribution < 1.29 is 9.84 Å². The van der Waals surface area contributed by atoms with Crippen molar-refractivity contribution in [2.75, 3.05) is 44.2 Å². The second-order valence-corrected chi connectivity index (χ2v) is 6.92. The SMILES string of the molecule is CC[C@H](OC[C@H](O)CN1CCN(c2ccccc2)CC1)c1ccccc1. The Morgan fingerprint density at radius 3 is 2.15 bits per heavy atom. The van der Waals surface area contributed by atoms with Gasteiger partial charge >= 0.3 is 0 Å². The molecule has 4 heteroatoms. The summed E-state index contributed by atoms with van der Waals surface area (Å²) in [5.74, 6) is 0. The number of nitrogens with zero attached hydrogens (tertiary/aromatic N) is 2. The lowest BCUT2D eigenvalue weighted by atomic mass is 10.1. The summed E-state index contributed by atoms with van der Waals surface area (Å²) >= 11 is 0. The molecule has 1 aliphatic rings. The third-order valence-corrected chi connectivity index (χ3v) is 4.99. The van der Waals surface area contributed by atoms with Crippen molar-refractivity contribution in [3.8, 4) is 0 Å². The van der Waals surface area contributed by atoms with E-state index in [1.807, 2.05) is 18.2 Å². The first-order chi connectivity index (χ1) is 12.8. The molecule has 1 heterocycles. The smallest absolute Gasteiger partial charge is 0.0900 e. The van der Waals surface area contributed by atoms with Crippen molar-refractivity contribution in [3.63, 3.8) is 0 Å². The number of aliphatic hydroxyl groups excluding tert-OH is 1. The molecule has 0 aliphatic carbocycles. The fraction of sp³-hybridized carbons (Fsp3) is 0.455. The Morgan fingerprint density at radius 1 is 0.923 bits per heavy atom. The van der Waals surface area contributed by atoms with Gasteiger partial charge in [-0.05, 0) is 24.1 Å². The van der Waals surface area contributed by atoms with Crippen LogP contribution in [0.1, 0.15) is 25.0 Å². The van der Waals surface area contributed by atoms with E-state index in [0.717, 1.165) is 32.6 Å². The zero-order chi connectivity index (χ0) is 18.2. The summed E-state index contributed by atoms with van der Waals surface area (Å²) < 4.78 is 5.98. The van der Waals surface area contributed by atoms with Crippen LogP contribution in [0, 0.1) is 0 Å². The van der Waals surface area contributed by atoms with Gasteiger partial charge in [-0.1, -0.05) is 55.5 Å². The van der Waals surface area contributed by atoms with E-state index < -0.39 is 6.10 Å². The zero-order valence-electron chi connectivity index (χ0n) is 15.6. The maximum absolute atomic E-state index is 10.4. The molecule has 0 spiro atoms. The number of hydrogen-bond acceptors (Lipinski definition) is 4. The molecule has 1 fully saturated rings. The van der Waals surface area contributed by atoms with Gasteiger partial charge in [-0.25, -0.2) is 0 Å². The molecule has 0 unspecified atom stereocenters. The summed E-state index contributed by atoms with van der Waals surface area (Å²) in [7, 11) is 0. The highest BCUT2D eigenvalue weighted by molar-refractivity contribution is 5.46. The molecule has 0 bridgehead atoms. The van der Waals surface area contributed by atoms with Gasteiger partial charge in [0.1, 0.15) is 0 Å². The first-order valence-corrected chi connectivity index (χ1v) is 9.63. The molecule has 1 saturated heterocycles. The third kappa shape index (κ3) is 5.31. The van der Waals surface area contributed by atoms with Gasteiger partial charge in [0.25, 0.3) is 0 Å². The molecular formula is C22H30N2O2. The Bertz CT molecular complexity index is 627. The molecule has 4 nitrogen and oxygen atoms in total. The third-order valence-electron chi connectivity index (χ3n) is 4.99. The van der Waals surface area contributed by atoms with Crippen molar-refractivity contribution >= 4 is 5.69 Å². The molecule has 0 saturated carbocycles. The Kier molecular flexibility index (Phi) is 7.06. The van der Waals surface area contributed by atoms with E-state index in [2.05, 4.69) is 59.2 Å². The van der Waals surface area contributed by atoms with Crippen LogP contribution in [0.2, 0.25) is 0 Å². The summed E-state index contributed by atoms with van der Waals surface area (Å²) in [5, 5.41) is 10.4. The van der Waals surface area contributed by atoms with Crippen LogP contribution in [-0.4, -0.2) is 55.4 Å². The fourth-order valence-electron chi connectivity index (χ4n) is 3.52. The topological polar surface area (TPSA) is 35.9 Å². The lowest BCUT2D eigenvalue weighted by Crippen LogP contribution is -2.49. The Hall–Kier alpha value is -1.88. The van der Waals surface area contributed by atoms with E-state index >= 15 is 0 Å². The standard InChI is InChI=1S/C22H30N2O2/c1-2-22(19-9-5-3-6-10-19)26-18-21(25)17-23-13-15-24(16-14-23)20-11-7-4-8-12-20/h3-12,21-22,25H,2,13-18H2,1H3/t21-,22+/m1/s1. The van der Waals surface area contributed by atoms with Crippen molar-refractivity contribution in [1.82, 2.24) is 4.90 Å². The van der Waals surface area contributed by atoms with Crippen molar-refractivity contribution in [2.24, 2.45) is 0 Å². The van der Waals surface area contributed by atoms with Crippen LogP contribution in [-0.2, 0) is 4.74 Å². The summed E-state index contributed by atoms with van der Waals surface area (Å²) in [6.45, 7) is 7.12. The molecule has 2 aromatic rings. The van der Waals surface area contributed by atoms with Gasteiger partial charge in [0.2, 0.25) is 0 Å². The van der Waals surface area contributed by atoms with Gasteiger partial charge in [0, 0.05) is 38.4 Å². The molecule has 2 aromatic carbocycles. The van der Waals surface area contributed by atoms with Crippen molar-refractivity contribution in [3.05, 3.63) is 66.2 Å². The van der Waals surface area contributed by atoms with Gasteiger partial charge in [-0.15, -0.1) is 0 Å². The quantitative estimate of drug-likeness (QED) is 0.789. The average molecular weight is 354 g/mol. The Morgan fingerprint density at radius 2 is 1.54 bits per heavy atom. The van der Waals surface area contributed by atoms with Gasteiger partial charge in [0.15, 0.2) is 0 Å². The number of benzene rings is 2. The molecule has 1 N–H and O–H groups in total. The van der Waals surface area contributed by atoms with Gasteiger partial charge < -0.3 is 14.7 Å². The molecule has 140 valence electrons. The molecule has 0 radical (unpaired) electrons. The largest absolute Gasteiger partial charge is 0.389 e. The van der Waals surface area contributed by atoms with E-state index in [-0.39, 0.29) is 6.10 Å². The van der Waals surface area contributed by atoms with E-state index in [0.29, 0.717) is 13.2 Å². The lowest BCUT2D eigenvalue weighted by Gasteiger charge is -2.37. The second-order valence-electron chi connectivity index (χ2n) is 6.92. The molecular weight excluding hydrogens is 324 g/mol. The van der Waals surface area contributed by atoms with Crippen molar-refractivity contribution in [1.29, 1.82) is 0 Å². The summed E-state index contributed by atoms with van der Waals surface area (Å²) in [6.07, 6.45) is 0.517. The first-order valence-electron chi connectivity index (χ1n) is 9.63. The first kappa shape index (κ1) is 18.9. The summed E-state index contributed by atoms with van der Waals surface area (Å²) in [6, 6.07) is 20.8. The van der Waals surface area contributed by atoms with Gasteiger partial charge in [0.05, 0.1) is 18.8 Å². The van der Waals surface area contributed by atoms with E-state index in [1.54, 1.807) is 0 Å². The Balaban J connectivity index is 1.41. The number of hydrogen-bond donors (Lipinski definition) is 1.